The van der Waals surface area contributed by atoms with Crippen LogP contribution in [0.5, 0.6) is 5.75 Å². The van der Waals surface area contributed by atoms with E-state index in [1.807, 2.05) is 37.1 Å². The van der Waals surface area contributed by atoms with Crippen LogP contribution in [-0.2, 0) is 13.1 Å². The summed E-state index contributed by atoms with van der Waals surface area (Å²) in [6, 6.07) is 9.64. The van der Waals surface area contributed by atoms with Crippen LogP contribution in [0.2, 0.25) is 0 Å². The first-order valence-corrected chi connectivity index (χ1v) is 11.5. The first kappa shape index (κ1) is 22.0. The summed E-state index contributed by atoms with van der Waals surface area (Å²) in [7, 11) is 1.66. The zero-order valence-corrected chi connectivity index (χ0v) is 20.1. The highest BCUT2D eigenvalue weighted by Crippen LogP contribution is 2.31. The van der Waals surface area contributed by atoms with Crippen molar-refractivity contribution in [2.24, 2.45) is 0 Å². The predicted octanol–water partition coefficient (Wildman–Crippen LogP) is 3.93. The number of hydrogen-bond acceptors (Lipinski definition) is 4. The van der Waals surface area contributed by atoms with Crippen molar-refractivity contribution in [1.29, 1.82) is 0 Å². The smallest absolute Gasteiger partial charge is 0.275 e. The van der Waals surface area contributed by atoms with Crippen molar-refractivity contribution in [2.75, 3.05) is 7.11 Å². The minimum Gasteiger partial charge on any atom is -0.497 e. The minimum absolute atomic E-state index is 0.138. The van der Waals surface area contributed by atoms with Crippen molar-refractivity contribution in [3.05, 3.63) is 76.4 Å². The maximum Gasteiger partial charge on any atom is 0.275 e. The molecule has 4 heterocycles. The van der Waals surface area contributed by atoms with E-state index in [0.29, 0.717) is 24.5 Å². The molecule has 0 bridgehead atoms. The van der Waals surface area contributed by atoms with Gasteiger partial charge in [0.05, 0.1) is 19.1 Å². The van der Waals surface area contributed by atoms with E-state index in [-0.39, 0.29) is 23.6 Å². The average molecular weight is 460 g/mol. The Hall–Kier alpha value is -3.81. The van der Waals surface area contributed by atoms with Crippen LogP contribution in [0.1, 0.15) is 48.6 Å². The van der Waals surface area contributed by atoms with E-state index >= 15 is 0 Å². The second-order valence-corrected chi connectivity index (χ2v) is 9.26. The van der Waals surface area contributed by atoms with Crippen LogP contribution in [0.4, 0.5) is 0 Å². The van der Waals surface area contributed by atoms with Crippen molar-refractivity contribution >= 4 is 16.8 Å². The molecular weight excluding hydrogens is 430 g/mol. The fourth-order valence-corrected chi connectivity index (χ4v) is 4.79. The molecule has 8 heteroatoms. The van der Waals surface area contributed by atoms with Gasteiger partial charge in [-0.1, -0.05) is 0 Å². The molecule has 1 aromatic carbocycles. The lowest BCUT2D eigenvalue weighted by Gasteiger charge is -2.35. The largest absolute Gasteiger partial charge is 0.497 e. The Morgan fingerprint density at radius 1 is 1.15 bits per heavy atom. The van der Waals surface area contributed by atoms with E-state index in [4.69, 9.17) is 4.74 Å². The average Bonchev–Trinajstić information content (AvgIpc) is 3.40. The van der Waals surface area contributed by atoms with Crippen molar-refractivity contribution in [1.82, 2.24) is 23.6 Å². The molecule has 0 saturated carbocycles. The molecule has 8 nitrogen and oxygen atoms in total. The molecule has 0 N–H and O–H groups in total. The van der Waals surface area contributed by atoms with E-state index in [2.05, 4.69) is 35.7 Å². The molecule has 4 aromatic rings. The summed E-state index contributed by atoms with van der Waals surface area (Å²) in [4.78, 5) is 32.9. The molecule has 1 unspecified atom stereocenters. The molecule has 0 spiro atoms. The predicted molar refractivity (Wildman–Crippen MR) is 131 cm³/mol. The molecule has 1 atom stereocenters. The molecule has 1 aliphatic heterocycles. The number of carbonyl (C=O) groups is 1. The number of hydrogen-bond donors (Lipinski definition) is 0. The van der Waals surface area contributed by atoms with Gasteiger partial charge >= 0.3 is 0 Å². The van der Waals surface area contributed by atoms with Gasteiger partial charge in [-0.2, -0.15) is 0 Å². The summed E-state index contributed by atoms with van der Waals surface area (Å²) >= 11 is 0. The second-order valence-electron chi connectivity index (χ2n) is 9.26. The number of methoxy groups -OCH3 is 1. The fraction of sp³-hybridized carbons (Fsp3) is 0.346. The molecule has 0 fully saturated rings. The number of imidazole rings is 1. The van der Waals surface area contributed by atoms with Gasteiger partial charge in [0.15, 0.2) is 0 Å². The summed E-state index contributed by atoms with van der Waals surface area (Å²) < 4.78 is 11.0. The Morgan fingerprint density at radius 2 is 1.94 bits per heavy atom. The normalized spacial score (nSPS) is 15.9. The summed E-state index contributed by atoms with van der Waals surface area (Å²) in [5, 5.41) is 1.07. The van der Waals surface area contributed by atoms with Crippen LogP contribution in [0.15, 0.2) is 53.8 Å². The van der Waals surface area contributed by atoms with E-state index in [0.717, 1.165) is 27.9 Å². The Balaban J connectivity index is 1.53. The maximum atomic E-state index is 13.6. The van der Waals surface area contributed by atoms with Gasteiger partial charge in [0.2, 0.25) is 0 Å². The van der Waals surface area contributed by atoms with E-state index in [9.17, 15) is 9.59 Å². The van der Waals surface area contributed by atoms with Gasteiger partial charge < -0.3 is 23.3 Å². The molecule has 3 aromatic heterocycles. The number of aryl methyl sites for hydroxylation is 1. The van der Waals surface area contributed by atoms with Crippen molar-refractivity contribution in [3.63, 3.8) is 0 Å². The Labute approximate surface area is 198 Å². The lowest BCUT2D eigenvalue weighted by molar-refractivity contribution is 0.0591. The van der Waals surface area contributed by atoms with Gasteiger partial charge in [0.25, 0.3) is 11.5 Å². The minimum atomic E-state index is -0.184. The van der Waals surface area contributed by atoms with Crippen molar-refractivity contribution in [2.45, 2.75) is 52.9 Å². The highest BCUT2D eigenvalue weighted by atomic mass is 16.5. The molecular formula is C26H29N5O3. The zero-order valence-electron chi connectivity index (χ0n) is 20.1. The number of aromatic nitrogens is 4. The van der Waals surface area contributed by atoms with Crippen molar-refractivity contribution < 1.29 is 9.53 Å². The highest BCUT2D eigenvalue weighted by molar-refractivity contribution is 5.94. The van der Waals surface area contributed by atoms with Crippen LogP contribution in [0, 0.1) is 6.92 Å². The lowest BCUT2D eigenvalue weighted by atomic mass is 10.1. The molecule has 0 saturated heterocycles. The fourth-order valence-electron chi connectivity index (χ4n) is 4.79. The van der Waals surface area contributed by atoms with E-state index < -0.39 is 0 Å². The summed E-state index contributed by atoms with van der Waals surface area (Å²) in [5.41, 5.74) is 3.72. The number of fused-ring (bicyclic) bond motifs is 2. The molecule has 1 amide bonds. The second kappa shape index (κ2) is 8.20. The van der Waals surface area contributed by atoms with E-state index in [1.165, 1.54) is 0 Å². The molecule has 34 heavy (non-hydrogen) atoms. The topological polar surface area (TPSA) is 74.3 Å². The van der Waals surface area contributed by atoms with Gasteiger partial charge in [-0.25, -0.2) is 4.98 Å². The van der Waals surface area contributed by atoms with Crippen LogP contribution in [0.3, 0.4) is 0 Å². The third kappa shape index (κ3) is 3.50. The standard InChI is InChI=1S/C26H29N5O3/c1-16(2)29-13-19(21-10-20(34-5)6-7-22(21)29)14-30-18(4)12-31-24(26(30)33)9-8-23(25(31)32)28-11-17(3)27-15-28/h6-11,13,15-16,18H,12,14H2,1-5H3. The zero-order chi connectivity index (χ0) is 24.1. The number of carbonyl (C=O) groups excluding carboxylic acids is 1. The Kier molecular flexibility index (Phi) is 5.31. The number of benzene rings is 1. The van der Waals surface area contributed by atoms with Gasteiger partial charge in [0.1, 0.15) is 17.1 Å². The van der Waals surface area contributed by atoms with Gasteiger partial charge in [-0.05, 0) is 63.6 Å². The number of rotatable bonds is 5. The number of amides is 1. The number of nitrogens with zero attached hydrogens (tertiary/aromatic N) is 5. The van der Waals surface area contributed by atoms with Gasteiger partial charge in [0, 0.05) is 48.5 Å². The van der Waals surface area contributed by atoms with Crippen LogP contribution in [0.25, 0.3) is 16.6 Å². The first-order valence-electron chi connectivity index (χ1n) is 11.5. The van der Waals surface area contributed by atoms with Gasteiger partial charge in [-0.15, -0.1) is 0 Å². The first-order chi connectivity index (χ1) is 16.3. The molecule has 5 rings (SSSR count). The highest BCUT2D eigenvalue weighted by Gasteiger charge is 2.32. The van der Waals surface area contributed by atoms with Crippen LogP contribution >= 0.6 is 0 Å². The SMILES string of the molecule is COc1ccc2c(c1)c(CN1C(=O)c3ccc(-n4cnc(C)c4)c(=O)n3CC1C)cn2C(C)C. The monoisotopic (exact) mass is 459 g/mol. The molecule has 1 aliphatic rings. The molecule has 176 valence electrons. The van der Waals surface area contributed by atoms with Gasteiger partial charge in [-0.3, -0.25) is 9.59 Å². The molecule has 0 radical (unpaired) electrons. The summed E-state index contributed by atoms with van der Waals surface area (Å²) in [6.45, 7) is 9.05. The third-order valence-corrected chi connectivity index (χ3v) is 6.62. The van der Waals surface area contributed by atoms with Crippen LogP contribution < -0.4 is 10.3 Å². The molecule has 0 aliphatic carbocycles. The number of pyridine rings is 1. The quantitative estimate of drug-likeness (QED) is 0.453. The van der Waals surface area contributed by atoms with Crippen molar-refractivity contribution in [3.8, 4) is 11.4 Å². The van der Waals surface area contributed by atoms with E-state index in [1.54, 1.807) is 34.7 Å². The summed E-state index contributed by atoms with van der Waals surface area (Å²) in [6.07, 6.45) is 5.56. The Morgan fingerprint density at radius 3 is 2.62 bits per heavy atom. The summed E-state index contributed by atoms with van der Waals surface area (Å²) in [5.74, 6) is 0.644. The third-order valence-electron chi connectivity index (χ3n) is 6.62. The Bertz CT molecular complexity index is 1460. The maximum absolute atomic E-state index is 13.6. The van der Waals surface area contributed by atoms with Crippen LogP contribution in [-0.4, -0.2) is 42.6 Å². The number of ether oxygens (including phenoxy) is 1. The lowest BCUT2D eigenvalue weighted by Crippen LogP contribution is -2.49.